The van der Waals surface area contributed by atoms with Gasteiger partial charge in [0.1, 0.15) is 5.54 Å². The van der Waals surface area contributed by atoms with Crippen LogP contribution in [0.2, 0.25) is 0 Å². The Morgan fingerprint density at radius 1 is 1.56 bits per heavy atom. The minimum atomic E-state index is -4.36. The van der Waals surface area contributed by atoms with Crippen molar-refractivity contribution >= 4 is 5.91 Å². The van der Waals surface area contributed by atoms with Gasteiger partial charge in [-0.15, -0.1) is 0 Å². The highest BCUT2D eigenvalue weighted by Gasteiger charge is 2.44. The second-order valence-corrected chi connectivity index (χ2v) is 4.65. The van der Waals surface area contributed by atoms with Crippen LogP contribution < -0.4 is 11.1 Å². The summed E-state index contributed by atoms with van der Waals surface area (Å²) in [6.07, 6.45) is -2.63. The molecule has 0 aromatic rings. The molecule has 1 heterocycles. The second-order valence-electron chi connectivity index (χ2n) is 4.65. The summed E-state index contributed by atoms with van der Waals surface area (Å²) in [7, 11) is 0. The number of hydrogen-bond donors (Lipinski definition) is 2. The first-order valence-corrected chi connectivity index (χ1v) is 6.02. The maximum atomic E-state index is 12.2. The average Bonchev–Trinajstić information content (AvgIpc) is 2.26. The fourth-order valence-corrected chi connectivity index (χ4v) is 2.20. The zero-order valence-corrected chi connectivity index (χ0v) is 10.3. The highest BCUT2D eigenvalue weighted by atomic mass is 19.4. The zero-order chi connectivity index (χ0) is 13.8. The lowest BCUT2D eigenvalue weighted by Gasteiger charge is -2.39. The summed E-state index contributed by atoms with van der Waals surface area (Å²) in [6.45, 7) is 0.986. The van der Waals surface area contributed by atoms with E-state index in [0.717, 1.165) is 6.42 Å². The predicted octanol–water partition coefficient (Wildman–Crippen LogP) is 1.34. The summed E-state index contributed by atoms with van der Waals surface area (Å²) in [5, 5.41) is 2.28. The molecule has 106 valence electrons. The zero-order valence-electron chi connectivity index (χ0n) is 10.3. The lowest BCUT2D eigenvalue weighted by Crippen LogP contribution is -2.61. The topological polar surface area (TPSA) is 64.3 Å². The minimum Gasteiger partial charge on any atom is -0.378 e. The van der Waals surface area contributed by atoms with Gasteiger partial charge in [0.2, 0.25) is 5.91 Å². The molecule has 1 amide bonds. The van der Waals surface area contributed by atoms with E-state index in [2.05, 4.69) is 5.32 Å². The second kappa shape index (κ2) is 5.88. The van der Waals surface area contributed by atoms with Crippen LogP contribution in [0.5, 0.6) is 0 Å². The van der Waals surface area contributed by atoms with Gasteiger partial charge in [-0.1, -0.05) is 13.3 Å². The highest BCUT2D eigenvalue weighted by molar-refractivity contribution is 5.84. The van der Waals surface area contributed by atoms with Gasteiger partial charge < -0.3 is 10.5 Å². The first-order valence-electron chi connectivity index (χ1n) is 6.02. The van der Waals surface area contributed by atoms with Gasteiger partial charge in [0.25, 0.3) is 0 Å². The normalized spacial score (nSPS) is 29.2. The van der Waals surface area contributed by atoms with Crippen LogP contribution in [0.1, 0.15) is 32.6 Å². The SMILES string of the molecule is CCCC1CC(NCC(F)(F)F)(C(N)=O)CCO1. The van der Waals surface area contributed by atoms with Crippen LogP contribution in [0.25, 0.3) is 0 Å². The van der Waals surface area contributed by atoms with Crippen LogP contribution in [-0.4, -0.2) is 36.9 Å². The first-order chi connectivity index (χ1) is 8.29. The van der Waals surface area contributed by atoms with Crippen molar-refractivity contribution in [3.8, 4) is 0 Å². The maximum Gasteiger partial charge on any atom is 0.401 e. The third-order valence-electron chi connectivity index (χ3n) is 3.17. The number of carbonyl (C=O) groups excluding carboxylic acids is 1. The Hall–Kier alpha value is -0.820. The lowest BCUT2D eigenvalue weighted by molar-refractivity contribution is -0.144. The van der Waals surface area contributed by atoms with Gasteiger partial charge in [-0.25, -0.2) is 0 Å². The summed E-state index contributed by atoms with van der Waals surface area (Å²) < 4.78 is 42.2. The Bertz CT molecular complexity index is 295. The van der Waals surface area contributed by atoms with Crippen molar-refractivity contribution in [2.45, 2.75) is 50.4 Å². The van der Waals surface area contributed by atoms with E-state index in [9.17, 15) is 18.0 Å². The van der Waals surface area contributed by atoms with Crippen LogP contribution in [0.3, 0.4) is 0 Å². The molecule has 7 heteroatoms. The van der Waals surface area contributed by atoms with Crippen molar-refractivity contribution in [1.82, 2.24) is 5.32 Å². The molecule has 1 fully saturated rings. The van der Waals surface area contributed by atoms with Crippen molar-refractivity contribution in [2.24, 2.45) is 5.73 Å². The number of rotatable bonds is 5. The summed E-state index contributed by atoms with van der Waals surface area (Å²) in [4.78, 5) is 11.5. The number of ether oxygens (including phenoxy) is 1. The molecule has 0 spiro atoms. The Labute approximate surface area is 104 Å². The molecular weight excluding hydrogens is 249 g/mol. The van der Waals surface area contributed by atoms with E-state index in [4.69, 9.17) is 10.5 Å². The molecule has 0 aliphatic carbocycles. The largest absolute Gasteiger partial charge is 0.401 e. The number of halogens is 3. The monoisotopic (exact) mass is 268 g/mol. The van der Waals surface area contributed by atoms with Gasteiger partial charge in [0.05, 0.1) is 12.6 Å². The quantitative estimate of drug-likeness (QED) is 0.791. The van der Waals surface area contributed by atoms with Gasteiger partial charge in [-0.3, -0.25) is 10.1 Å². The fourth-order valence-electron chi connectivity index (χ4n) is 2.20. The molecule has 2 atom stereocenters. The standard InChI is InChI=1S/C11H19F3N2O2/c1-2-3-8-6-10(9(15)17,4-5-18-8)16-7-11(12,13)14/h8,16H,2-7H2,1H3,(H2,15,17). The van der Waals surface area contributed by atoms with E-state index in [1.54, 1.807) is 0 Å². The summed E-state index contributed by atoms with van der Waals surface area (Å²) >= 11 is 0. The Kier molecular flexibility index (Phi) is 4.98. The Balaban J connectivity index is 2.70. The van der Waals surface area contributed by atoms with Gasteiger partial charge >= 0.3 is 6.18 Å². The highest BCUT2D eigenvalue weighted by Crippen LogP contribution is 2.28. The van der Waals surface area contributed by atoms with Gasteiger partial charge in [-0.2, -0.15) is 13.2 Å². The van der Waals surface area contributed by atoms with Crippen molar-refractivity contribution in [1.29, 1.82) is 0 Å². The van der Waals surface area contributed by atoms with Crippen LogP contribution in [-0.2, 0) is 9.53 Å². The van der Waals surface area contributed by atoms with Crippen LogP contribution in [0, 0.1) is 0 Å². The number of carbonyl (C=O) groups is 1. The minimum absolute atomic E-state index is 0.179. The Morgan fingerprint density at radius 2 is 2.22 bits per heavy atom. The maximum absolute atomic E-state index is 12.2. The molecule has 0 bridgehead atoms. The lowest BCUT2D eigenvalue weighted by atomic mass is 9.84. The van der Waals surface area contributed by atoms with E-state index in [1.807, 2.05) is 6.92 Å². The average molecular weight is 268 g/mol. The summed E-state index contributed by atoms with van der Waals surface area (Å²) in [5.41, 5.74) is 3.97. The molecule has 0 saturated carbocycles. The van der Waals surface area contributed by atoms with Crippen LogP contribution >= 0.6 is 0 Å². The molecule has 0 aromatic heterocycles. The van der Waals surface area contributed by atoms with Crippen molar-refractivity contribution in [3.63, 3.8) is 0 Å². The van der Waals surface area contributed by atoms with Crippen molar-refractivity contribution in [2.75, 3.05) is 13.2 Å². The van der Waals surface area contributed by atoms with E-state index >= 15 is 0 Å². The smallest absolute Gasteiger partial charge is 0.378 e. The molecule has 3 N–H and O–H groups in total. The molecule has 1 rings (SSSR count). The van der Waals surface area contributed by atoms with E-state index in [-0.39, 0.29) is 25.6 Å². The fraction of sp³-hybridized carbons (Fsp3) is 0.909. The summed E-state index contributed by atoms with van der Waals surface area (Å²) in [6, 6.07) is 0. The van der Waals surface area contributed by atoms with Crippen LogP contribution in [0.15, 0.2) is 0 Å². The van der Waals surface area contributed by atoms with Crippen molar-refractivity contribution < 1.29 is 22.7 Å². The molecule has 0 radical (unpaired) electrons. The molecule has 1 aliphatic rings. The van der Waals surface area contributed by atoms with E-state index < -0.39 is 24.2 Å². The summed E-state index contributed by atoms with van der Waals surface area (Å²) in [5.74, 6) is -0.740. The van der Waals surface area contributed by atoms with Gasteiger partial charge in [0.15, 0.2) is 0 Å². The molecule has 4 nitrogen and oxygen atoms in total. The van der Waals surface area contributed by atoms with Crippen molar-refractivity contribution in [3.05, 3.63) is 0 Å². The number of nitrogens with two attached hydrogens (primary N) is 1. The molecule has 1 saturated heterocycles. The number of alkyl halides is 3. The Morgan fingerprint density at radius 3 is 2.72 bits per heavy atom. The predicted molar refractivity (Wildman–Crippen MR) is 59.9 cm³/mol. The third kappa shape index (κ3) is 4.13. The third-order valence-corrected chi connectivity index (χ3v) is 3.17. The van der Waals surface area contributed by atoms with Crippen LogP contribution in [0.4, 0.5) is 13.2 Å². The molecular formula is C11H19F3N2O2. The number of nitrogens with one attached hydrogen (secondary N) is 1. The van der Waals surface area contributed by atoms with Gasteiger partial charge in [-0.05, 0) is 12.8 Å². The van der Waals surface area contributed by atoms with Gasteiger partial charge in [0, 0.05) is 13.0 Å². The first kappa shape index (κ1) is 15.2. The number of primary amides is 1. The van der Waals surface area contributed by atoms with E-state index in [1.165, 1.54) is 0 Å². The molecule has 18 heavy (non-hydrogen) atoms. The molecule has 1 aliphatic heterocycles. The number of amides is 1. The molecule has 2 unspecified atom stereocenters. The molecule has 0 aromatic carbocycles. The van der Waals surface area contributed by atoms with E-state index in [0.29, 0.717) is 6.42 Å². The number of hydrogen-bond acceptors (Lipinski definition) is 3.